The second-order valence-corrected chi connectivity index (χ2v) is 6.46. The lowest BCUT2D eigenvalue weighted by molar-refractivity contribution is 0.0774. The van der Waals surface area contributed by atoms with Gasteiger partial charge in [-0.25, -0.2) is 9.97 Å². The molecule has 0 aliphatic rings. The van der Waals surface area contributed by atoms with E-state index in [1.165, 1.54) is 0 Å². The van der Waals surface area contributed by atoms with Gasteiger partial charge >= 0.3 is 0 Å². The molecule has 0 fully saturated rings. The summed E-state index contributed by atoms with van der Waals surface area (Å²) in [5.74, 6) is 2.03. The van der Waals surface area contributed by atoms with E-state index in [0.717, 1.165) is 17.3 Å². The summed E-state index contributed by atoms with van der Waals surface area (Å²) < 4.78 is 3.95. The largest absolute Gasteiger partial charge is 0.337 e. The Hall–Kier alpha value is -2.90. The fraction of sp³-hybridized carbons (Fsp3) is 0.412. The van der Waals surface area contributed by atoms with E-state index < -0.39 is 0 Å². The van der Waals surface area contributed by atoms with Crippen LogP contribution in [0, 0.1) is 0 Å². The summed E-state index contributed by atoms with van der Waals surface area (Å²) in [6.45, 7) is 5.25. The van der Waals surface area contributed by atoms with E-state index in [2.05, 4.69) is 38.6 Å². The highest BCUT2D eigenvalue weighted by Gasteiger charge is 2.17. The van der Waals surface area contributed by atoms with Crippen molar-refractivity contribution in [2.75, 3.05) is 7.05 Å². The number of rotatable bonds is 6. The number of imidazole rings is 2. The second-order valence-electron chi connectivity index (χ2n) is 6.46. The van der Waals surface area contributed by atoms with Gasteiger partial charge in [0.25, 0.3) is 5.91 Å². The minimum absolute atomic E-state index is 0.139. The molecule has 0 saturated heterocycles. The summed E-state index contributed by atoms with van der Waals surface area (Å²) in [6, 6.07) is 1.79. The van der Waals surface area contributed by atoms with Crippen LogP contribution < -0.4 is 0 Å². The molecule has 0 aliphatic heterocycles. The van der Waals surface area contributed by atoms with Crippen molar-refractivity contribution in [1.29, 1.82) is 0 Å². The molecule has 0 radical (unpaired) electrons. The highest BCUT2D eigenvalue weighted by atomic mass is 16.2. The summed E-state index contributed by atoms with van der Waals surface area (Å²) in [4.78, 5) is 22.8. The molecule has 1 amide bonds. The van der Waals surface area contributed by atoms with Gasteiger partial charge in [0.05, 0.1) is 18.8 Å². The predicted octanol–water partition coefficient (Wildman–Crippen LogP) is 1.78. The molecule has 0 saturated carbocycles. The Balaban J connectivity index is 1.69. The number of amides is 1. The topological polar surface area (TPSA) is 84.6 Å². The lowest BCUT2D eigenvalue weighted by Gasteiger charge is -2.15. The number of aromatic amines is 1. The minimum atomic E-state index is -0.139. The van der Waals surface area contributed by atoms with Gasteiger partial charge in [0.2, 0.25) is 0 Å². The second kappa shape index (κ2) is 6.92. The first-order chi connectivity index (χ1) is 12.0. The Morgan fingerprint density at radius 1 is 1.28 bits per heavy atom. The summed E-state index contributed by atoms with van der Waals surface area (Å²) in [7, 11) is 3.66. The highest BCUT2D eigenvalue weighted by Crippen LogP contribution is 2.14. The Labute approximate surface area is 146 Å². The van der Waals surface area contributed by atoms with Crippen LogP contribution in [0.1, 0.15) is 47.6 Å². The van der Waals surface area contributed by atoms with E-state index in [-0.39, 0.29) is 5.91 Å². The van der Waals surface area contributed by atoms with Crippen LogP contribution in [0.2, 0.25) is 0 Å². The molecule has 0 spiro atoms. The third kappa shape index (κ3) is 3.62. The molecule has 3 rings (SSSR count). The number of hydrogen-bond donors (Lipinski definition) is 1. The van der Waals surface area contributed by atoms with E-state index in [1.807, 2.05) is 24.0 Å². The Bertz CT molecular complexity index is 858. The van der Waals surface area contributed by atoms with Crippen molar-refractivity contribution in [1.82, 2.24) is 34.2 Å². The maximum Gasteiger partial charge on any atom is 0.274 e. The zero-order chi connectivity index (χ0) is 18.0. The molecule has 1 N–H and O–H groups in total. The Morgan fingerprint density at radius 3 is 2.72 bits per heavy atom. The monoisotopic (exact) mass is 341 g/mol. The zero-order valence-electron chi connectivity index (χ0n) is 15.0. The maximum atomic E-state index is 12.6. The number of H-pyrrole nitrogens is 1. The van der Waals surface area contributed by atoms with Crippen molar-refractivity contribution in [2.45, 2.75) is 32.9 Å². The standard InChI is InChI=1S/C17H23N7O/c1-12(2)16-19-6-8-24(16)10-13-9-14(21-20-13)17(25)23(4)11-15-18-5-7-22(15)3/h5-9,12H,10-11H2,1-4H3,(H,20,21). The van der Waals surface area contributed by atoms with Gasteiger partial charge < -0.3 is 14.0 Å². The summed E-state index contributed by atoms with van der Waals surface area (Å²) >= 11 is 0. The first-order valence-corrected chi connectivity index (χ1v) is 8.22. The van der Waals surface area contributed by atoms with Crippen molar-refractivity contribution in [2.24, 2.45) is 7.05 Å². The van der Waals surface area contributed by atoms with E-state index >= 15 is 0 Å². The van der Waals surface area contributed by atoms with Gasteiger partial charge in [-0.1, -0.05) is 13.8 Å². The van der Waals surface area contributed by atoms with Crippen LogP contribution in [-0.4, -0.2) is 47.2 Å². The third-order valence-corrected chi connectivity index (χ3v) is 4.10. The molecule has 0 bridgehead atoms. The molecular weight excluding hydrogens is 318 g/mol. The molecular formula is C17H23N7O. The number of hydrogen-bond acceptors (Lipinski definition) is 4. The number of nitrogens with one attached hydrogen (secondary N) is 1. The molecule has 25 heavy (non-hydrogen) atoms. The smallest absolute Gasteiger partial charge is 0.274 e. The van der Waals surface area contributed by atoms with Crippen LogP contribution in [-0.2, 0) is 20.1 Å². The first-order valence-electron chi connectivity index (χ1n) is 8.22. The minimum Gasteiger partial charge on any atom is -0.337 e. The van der Waals surface area contributed by atoms with Crippen LogP contribution >= 0.6 is 0 Å². The number of nitrogens with zero attached hydrogens (tertiary/aromatic N) is 6. The van der Waals surface area contributed by atoms with E-state index in [1.54, 1.807) is 30.4 Å². The van der Waals surface area contributed by atoms with E-state index in [0.29, 0.717) is 24.7 Å². The van der Waals surface area contributed by atoms with Crippen LogP contribution in [0.5, 0.6) is 0 Å². The summed E-state index contributed by atoms with van der Waals surface area (Å²) in [5, 5.41) is 7.12. The molecule has 132 valence electrons. The highest BCUT2D eigenvalue weighted by molar-refractivity contribution is 5.92. The normalized spacial score (nSPS) is 11.2. The van der Waals surface area contributed by atoms with Crippen LogP contribution in [0.4, 0.5) is 0 Å². The first kappa shape index (κ1) is 16.9. The van der Waals surface area contributed by atoms with Crippen molar-refractivity contribution in [3.8, 4) is 0 Å². The maximum absolute atomic E-state index is 12.6. The van der Waals surface area contributed by atoms with Gasteiger partial charge in [-0.05, 0) is 6.07 Å². The SMILES string of the molecule is CC(C)c1nccn1Cc1cc(C(=O)N(C)Cc2nccn2C)n[nH]1. The molecule has 3 aromatic rings. The molecule has 0 unspecified atom stereocenters. The lowest BCUT2D eigenvalue weighted by atomic mass is 10.2. The molecule has 3 heterocycles. The van der Waals surface area contributed by atoms with Gasteiger partial charge in [-0.2, -0.15) is 5.10 Å². The van der Waals surface area contributed by atoms with Gasteiger partial charge in [0.1, 0.15) is 17.3 Å². The van der Waals surface area contributed by atoms with Gasteiger partial charge in [0.15, 0.2) is 0 Å². The molecule has 0 atom stereocenters. The summed E-state index contributed by atoms with van der Waals surface area (Å²) in [6.07, 6.45) is 7.30. The van der Waals surface area contributed by atoms with Crippen molar-refractivity contribution >= 4 is 5.91 Å². The fourth-order valence-electron chi connectivity index (χ4n) is 2.72. The fourth-order valence-corrected chi connectivity index (χ4v) is 2.72. The number of carbonyl (C=O) groups is 1. The Kier molecular flexibility index (Phi) is 4.69. The average Bonchev–Trinajstić information content (AvgIpc) is 3.29. The zero-order valence-corrected chi connectivity index (χ0v) is 15.0. The molecule has 0 aromatic carbocycles. The quantitative estimate of drug-likeness (QED) is 0.741. The molecule has 8 heteroatoms. The van der Waals surface area contributed by atoms with Crippen molar-refractivity contribution in [3.05, 3.63) is 53.9 Å². The summed E-state index contributed by atoms with van der Waals surface area (Å²) in [5.41, 5.74) is 1.27. The van der Waals surface area contributed by atoms with Gasteiger partial charge in [-0.3, -0.25) is 9.89 Å². The number of aromatic nitrogens is 6. The van der Waals surface area contributed by atoms with Gasteiger partial charge in [0, 0.05) is 44.8 Å². The van der Waals surface area contributed by atoms with Crippen molar-refractivity contribution in [3.63, 3.8) is 0 Å². The van der Waals surface area contributed by atoms with E-state index in [4.69, 9.17) is 0 Å². The molecule has 8 nitrogen and oxygen atoms in total. The Morgan fingerprint density at radius 2 is 2.04 bits per heavy atom. The van der Waals surface area contributed by atoms with Crippen LogP contribution in [0.15, 0.2) is 30.9 Å². The average molecular weight is 341 g/mol. The van der Waals surface area contributed by atoms with Crippen LogP contribution in [0.25, 0.3) is 0 Å². The third-order valence-electron chi connectivity index (χ3n) is 4.10. The van der Waals surface area contributed by atoms with Crippen molar-refractivity contribution < 1.29 is 4.79 Å². The lowest BCUT2D eigenvalue weighted by Crippen LogP contribution is -2.27. The molecule has 3 aromatic heterocycles. The van der Waals surface area contributed by atoms with Gasteiger partial charge in [-0.15, -0.1) is 0 Å². The number of aryl methyl sites for hydroxylation is 1. The van der Waals surface area contributed by atoms with E-state index in [9.17, 15) is 4.79 Å². The molecule has 0 aliphatic carbocycles. The van der Waals surface area contributed by atoms with Crippen LogP contribution in [0.3, 0.4) is 0 Å². The predicted molar refractivity (Wildman–Crippen MR) is 93.0 cm³/mol. The number of carbonyl (C=O) groups excluding carboxylic acids is 1.